The molecule has 9 nitrogen and oxygen atoms in total. The van der Waals surface area contributed by atoms with Gasteiger partial charge in [0.1, 0.15) is 29.4 Å². The van der Waals surface area contributed by atoms with E-state index in [4.69, 9.17) is 9.47 Å². The van der Waals surface area contributed by atoms with Gasteiger partial charge in [-0.3, -0.25) is 9.59 Å². The number of hydrogen-bond acceptors (Lipinski definition) is 6. The Bertz CT molecular complexity index is 1160. The Kier molecular flexibility index (Phi) is 7.52. The molecule has 9 heteroatoms. The first-order valence-electron chi connectivity index (χ1n) is 12.4. The predicted molar refractivity (Wildman–Crippen MR) is 139 cm³/mol. The van der Waals surface area contributed by atoms with Crippen LogP contribution in [0.15, 0.2) is 65.8 Å². The molecular weight excluding hydrogens is 472 g/mol. The largest absolute Gasteiger partial charge is 0.491 e. The van der Waals surface area contributed by atoms with Crippen LogP contribution in [-0.2, 0) is 20.7 Å². The minimum absolute atomic E-state index is 0.0843. The van der Waals surface area contributed by atoms with Crippen molar-refractivity contribution < 1.29 is 23.9 Å². The number of amides is 3. The minimum atomic E-state index is -1.00. The van der Waals surface area contributed by atoms with Gasteiger partial charge in [-0.1, -0.05) is 48.5 Å². The van der Waals surface area contributed by atoms with Crippen LogP contribution in [0.5, 0.6) is 5.75 Å². The average molecular weight is 507 g/mol. The summed E-state index contributed by atoms with van der Waals surface area (Å²) in [5, 5.41) is 8.57. The summed E-state index contributed by atoms with van der Waals surface area (Å²) in [7, 11) is 1.65. The molecule has 0 aromatic heterocycles. The summed E-state index contributed by atoms with van der Waals surface area (Å²) in [6.07, 6.45) is 0.190. The van der Waals surface area contributed by atoms with Gasteiger partial charge in [-0.15, -0.1) is 0 Å². The van der Waals surface area contributed by atoms with Gasteiger partial charge in [0.2, 0.25) is 5.91 Å². The van der Waals surface area contributed by atoms with E-state index in [2.05, 4.69) is 10.4 Å². The van der Waals surface area contributed by atoms with Crippen LogP contribution < -0.4 is 10.1 Å². The van der Waals surface area contributed by atoms with Crippen molar-refractivity contribution in [3.05, 3.63) is 66.2 Å². The molecule has 0 spiro atoms. The van der Waals surface area contributed by atoms with Crippen molar-refractivity contribution >= 4 is 23.6 Å². The van der Waals surface area contributed by atoms with Gasteiger partial charge in [0, 0.05) is 26.6 Å². The van der Waals surface area contributed by atoms with Gasteiger partial charge in [0.15, 0.2) is 0 Å². The monoisotopic (exact) mass is 506 g/mol. The van der Waals surface area contributed by atoms with Crippen LogP contribution in [0, 0.1) is 5.41 Å². The molecule has 2 aliphatic heterocycles. The lowest BCUT2D eigenvalue weighted by molar-refractivity contribution is -0.141. The highest BCUT2D eigenvalue weighted by Gasteiger charge is 2.54. The van der Waals surface area contributed by atoms with Gasteiger partial charge < -0.3 is 19.7 Å². The summed E-state index contributed by atoms with van der Waals surface area (Å²) >= 11 is 0. The standard InChI is InChI=1S/C28H34N4O5/c1-27(2,3)37-26(35)29-22(18-36-21-13-9-6-10-14-21)24(33)32-16-15-23-28(19-32,25(34)31(4)30-23)17-20-11-7-5-8-12-20/h5-14,22H,15-19H2,1-4H3,(H,29,35)/t22?,28-/m1/s1. The molecule has 0 aliphatic carbocycles. The number of carbonyl (C=O) groups is 3. The van der Waals surface area contributed by atoms with Crippen LogP contribution in [0.4, 0.5) is 4.79 Å². The Balaban J connectivity index is 1.56. The third-order valence-corrected chi connectivity index (χ3v) is 6.42. The first-order chi connectivity index (χ1) is 17.6. The lowest BCUT2D eigenvalue weighted by Gasteiger charge is -2.40. The molecule has 1 unspecified atom stereocenters. The number of piperidine rings is 1. The van der Waals surface area contributed by atoms with Gasteiger partial charge in [-0.2, -0.15) is 5.10 Å². The van der Waals surface area contributed by atoms with Crippen LogP contribution in [0.2, 0.25) is 0 Å². The number of carbonyl (C=O) groups excluding carboxylic acids is 3. The number of alkyl carbamates (subject to hydrolysis) is 1. The summed E-state index contributed by atoms with van der Waals surface area (Å²) in [6, 6.07) is 17.8. The van der Waals surface area contributed by atoms with E-state index in [-0.39, 0.29) is 25.0 Å². The number of benzene rings is 2. The van der Waals surface area contributed by atoms with Crippen LogP contribution >= 0.6 is 0 Å². The third-order valence-electron chi connectivity index (χ3n) is 6.42. The van der Waals surface area contributed by atoms with Crippen molar-refractivity contribution in [2.45, 2.75) is 45.3 Å². The van der Waals surface area contributed by atoms with Gasteiger partial charge in [0.25, 0.3) is 5.91 Å². The number of nitrogens with zero attached hydrogens (tertiary/aromatic N) is 3. The van der Waals surface area contributed by atoms with Gasteiger partial charge in [-0.25, -0.2) is 9.80 Å². The highest BCUT2D eigenvalue weighted by molar-refractivity contribution is 6.13. The molecule has 0 saturated carbocycles. The van der Waals surface area contributed by atoms with E-state index >= 15 is 0 Å². The molecule has 37 heavy (non-hydrogen) atoms. The maximum Gasteiger partial charge on any atom is 0.408 e. The zero-order valence-electron chi connectivity index (χ0n) is 21.8. The topological polar surface area (TPSA) is 101 Å². The SMILES string of the molecule is CN1N=C2CCN(C(=O)C(COc3ccccc3)NC(=O)OC(C)(C)C)C[C@@]2(Cc2ccccc2)C1=O. The lowest BCUT2D eigenvalue weighted by atomic mass is 9.73. The predicted octanol–water partition coefficient (Wildman–Crippen LogP) is 3.25. The van der Waals surface area contributed by atoms with Crippen molar-refractivity contribution in [1.29, 1.82) is 0 Å². The Morgan fingerprint density at radius 2 is 1.73 bits per heavy atom. The molecule has 3 amide bonds. The Morgan fingerprint density at radius 1 is 1.08 bits per heavy atom. The molecule has 2 heterocycles. The molecule has 0 radical (unpaired) electrons. The fourth-order valence-electron chi connectivity index (χ4n) is 4.76. The van der Waals surface area contributed by atoms with Crippen molar-refractivity contribution in [2.24, 2.45) is 10.5 Å². The number of fused-ring (bicyclic) bond motifs is 1. The maximum atomic E-state index is 13.8. The summed E-state index contributed by atoms with van der Waals surface area (Å²) in [6.45, 7) is 5.73. The molecule has 1 saturated heterocycles. The third kappa shape index (κ3) is 6.10. The van der Waals surface area contributed by atoms with E-state index in [1.54, 1.807) is 44.9 Å². The Morgan fingerprint density at radius 3 is 2.38 bits per heavy atom. The van der Waals surface area contributed by atoms with Gasteiger partial charge in [0.05, 0.1) is 5.71 Å². The summed E-state index contributed by atoms with van der Waals surface area (Å²) in [4.78, 5) is 41.5. The molecule has 2 aliphatic rings. The summed E-state index contributed by atoms with van der Waals surface area (Å²) in [5.41, 5.74) is 0.101. The van der Waals surface area contributed by atoms with E-state index in [1.807, 2.05) is 48.5 Å². The zero-order chi connectivity index (χ0) is 26.6. The quantitative estimate of drug-likeness (QED) is 0.621. The van der Waals surface area contributed by atoms with Crippen molar-refractivity contribution in [3.8, 4) is 5.75 Å². The number of hydrazone groups is 1. The number of hydrogen-bond donors (Lipinski definition) is 1. The van der Waals surface area contributed by atoms with E-state index < -0.39 is 23.2 Å². The smallest absolute Gasteiger partial charge is 0.408 e. The van der Waals surface area contributed by atoms with E-state index in [0.29, 0.717) is 25.1 Å². The lowest BCUT2D eigenvalue weighted by Crippen LogP contribution is -2.60. The number of rotatable bonds is 7. The van der Waals surface area contributed by atoms with Crippen LogP contribution in [0.3, 0.4) is 0 Å². The summed E-state index contributed by atoms with van der Waals surface area (Å²) < 4.78 is 11.2. The van der Waals surface area contributed by atoms with Crippen molar-refractivity contribution in [1.82, 2.24) is 15.2 Å². The fraction of sp³-hybridized carbons (Fsp3) is 0.429. The normalized spacial score (nSPS) is 20.1. The molecule has 1 fully saturated rings. The maximum absolute atomic E-state index is 13.8. The number of ether oxygens (including phenoxy) is 2. The van der Waals surface area contributed by atoms with Gasteiger partial charge in [-0.05, 0) is 44.9 Å². The second-order valence-corrected chi connectivity index (χ2v) is 10.5. The molecule has 4 rings (SSSR count). The zero-order valence-corrected chi connectivity index (χ0v) is 21.8. The van der Waals surface area contributed by atoms with E-state index in [9.17, 15) is 14.4 Å². The van der Waals surface area contributed by atoms with E-state index in [1.165, 1.54) is 5.01 Å². The van der Waals surface area contributed by atoms with Crippen LogP contribution in [-0.4, -0.2) is 71.9 Å². The Hall–Kier alpha value is -3.88. The molecular formula is C28H34N4O5. The molecule has 2 aromatic carbocycles. The van der Waals surface area contributed by atoms with Crippen molar-refractivity contribution in [2.75, 3.05) is 26.7 Å². The van der Waals surface area contributed by atoms with Crippen LogP contribution in [0.25, 0.3) is 0 Å². The minimum Gasteiger partial charge on any atom is -0.491 e. The Labute approximate surface area is 217 Å². The highest BCUT2D eigenvalue weighted by Crippen LogP contribution is 2.38. The van der Waals surface area contributed by atoms with Crippen LogP contribution in [0.1, 0.15) is 32.8 Å². The average Bonchev–Trinajstić information content (AvgIpc) is 3.10. The van der Waals surface area contributed by atoms with Gasteiger partial charge >= 0.3 is 6.09 Å². The number of para-hydroxylation sites is 1. The second kappa shape index (κ2) is 10.6. The second-order valence-electron chi connectivity index (χ2n) is 10.5. The van der Waals surface area contributed by atoms with Crippen molar-refractivity contribution in [3.63, 3.8) is 0 Å². The number of likely N-dealkylation sites (tertiary alicyclic amines) is 1. The summed E-state index contributed by atoms with van der Waals surface area (Å²) in [5.74, 6) is 0.101. The molecule has 196 valence electrons. The molecule has 2 atom stereocenters. The van der Waals surface area contributed by atoms with E-state index in [0.717, 1.165) is 11.3 Å². The fourth-order valence-corrected chi connectivity index (χ4v) is 4.76. The molecule has 0 bridgehead atoms. The first kappa shape index (κ1) is 26.2. The molecule has 2 aromatic rings. The first-order valence-corrected chi connectivity index (χ1v) is 12.4. The number of nitrogens with one attached hydrogen (secondary N) is 1. The highest BCUT2D eigenvalue weighted by atomic mass is 16.6. The molecule has 1 N–H and O–H groups in total.